The summed E-state index contributed by atoms with van der Waals surface area (Å²) in [7, 11) is 0. The van der Waals surface area contributed by atoms with Crippen molar-refractivity contribution in [3.63, 3.8) is 0 Å². The molecule has 0 aliphatic carbocycles. The molecule has 0 saturated heterocycles. The molecule has 1 aliphatic rings. The van der Waals surface area contributed by atoms with Gasteiger partial charge in [-0.05, 0) is 23.5 Å². The van der Waals surface area contributed by atoms with Gasteiger partial charge in [0.25, 0.3) is 0 Å². The average molecular weight is 318 g/mol. The van der Waals surface area contributed by atoms with Crippen molar-refractivity contribution in [3.05, 3.63) is 35.4 Å². The summed E-state index contributed by atoms with van der Waals surface area (Å²) in [5, 5.41) is 12.7. The van der Waals surface area contributed by atoms with Crippen LogP contribution in [-0.2, 0) is 22.6 Å². The van der Waals surface area contributed by atoms with E-state index in [1.165, 1.54) is 6.92 Å². The highest BCUT2D eigenvalue weighted by Crippen LogP contribution is 2.23. The Morgan fingerprint density at radius 1 is 1.30 bits per heavy atom. The minimum atomic E-state index is -0.474. The zero-order chi connectivity index (χ0) is 17.0. The van der Waals surface area contributed by atoms with E-state index in [-0.39, 0.29) is 17.7 Å². The van der Waals surface area contributed by atoms with Crippen molar-refractivity contribution >= 4 is 11.8 Å². The van der Waals surface area contributed by atoms with E-state index >= 15 is 0 Å². The minimum Gasteiger partial charge on any atom is -0.393 e. The van der Waals surface area contributed by atoms with Crippen LogP contribution in [0.2, 0.25) is 0 Å². The highest BCUT2D eigenvalue weighted by molar-refractivity contribution is 5.87. The SMILES string of the molecule is CC(=O)N1Cc2ccccc2CC1C(=O)NCCC(O)C(C)C. The van der Waals surface area contributed by atoms with Crippen LogP contribution in [-0.4, -0.2) is 40.5 Å². The molecule has 5 heteroatoms. The molecule has 126 valence electrons. The lowest BCUT2D eigenvalue weighted by Crippen LogP contribution is -2.52. The number of carbonyl (C=O) groups is 2. The summed E-state index contributed by atoms with van der Waals surface area (Å²) in [6.07, 6.45) is 0.632. The Balaban J connectivity index is 2.01. The van der Waals surface area contributed by atoms with E-state index < -0.39 is 12.1 Å². The van der Waals surface area contributed by atoms with Gasteiger partial charge in [0.05, 0.1) is 6.10 Å². The number of rotatable bonds is 5. The highest BCUT2D eigenvalue weighted by atomic mass is 16.3. The molecular weight excluding hydrogens is 292 g/mol. The summed E-state index contributed by atoms with van der Waals surface area (Å²) in [6.45, 7) is 6.28. The highest BCUT2D eigenvalue weighted by Gasteiger charge is 2.32. The van der Waals surface area contributed by atoms with Gasteiger partial charge in [-0.3, -0.25) is 9.59 Å². The zero-order valence-corrected chi connectivity index (χ0v) is 14.1. The quantitative estimate of drug-likeness (QED) is 0.864. The van der Waals surface area contributed by atoms with Crippen LogP contribution in [0.25, 0.3) is 0 Å². The van der Waals surface area contributed by atoms with Gasteiger partial charge >= 0.3 is 0 Å². The van der Waals surface area contributed by atoms with Gasteiger partial charge in [0.2, 0.25) is 11.8 Å². The zero-order valence-electron chi connectivity index (χ0n) is 14.1. The fourth-order valence-corrected chi connectivity index (χ4v) is 2.88. The normalized spacial score (nSPS) is 18.5. The second-order valence-corrected chi connectivity index (χ2v) is 6.53. The molecule has 1 heterocycles. The van der Waals surface area contributed by atoms with Crippen molar-refractivity contribution in [1.29, 1.82) is 0 Å². The average Bonchev–Trinajstić information content (AvgIpc) is 2.53. The molecular formula is C18H26N2O3. The maximum atomic E-state index is 12.5. The number of aliphatic hydroxyl groups is 1. The van der Waals surface area contributed by atoms with Crippen molar-refractivity contribution in [2.24, 2.45) is 5.92 Å². The number of benzene rings is 1. The minimum absolute atomic E-state index is 0.0955. The second-order valence-electron chi connectivity index (χ2n) is 6.53. The molecule has 0 fully saturated rings. The third kappa shape index (κ3) is 4.32. The van der Waals surface area contributed by atoms with E-state index in [9.17, 15) is 14.7 Å². The van der Waals surface area contributed by atoms with Crippen LogP contribution in [0.5, 0.6) is 0 Å². The number of nitrogens with zero attached hydrogens (tertiary/aromatic N) is 1. The number of carbonyl (C=O) groups excluding carboxylic acids is 2. The van der Waals surface area contributed by atoms with Gasteiger partial charge in [0.15, 0.2) is 0 Å². The number of aliphatic hydroxyl groups excluding tert-OH is 1. The third-order valence-electron chi connectivity index (χ3n) is 4.46. The van der Waals surface area contributed by atoms with Crippen LogP contribution in [0.1, 0.15) is 38.3 Å². The summed E-state index contributed by atoms with van der Waals surface area (Å²) in [4.78, 5) is 26.0. The van der Waals surface area contributed by atoms with E-state index in [1.807, 2.05) is 38.1 Å². The molecule has 2 unspecified atom stereocenters. The molecule has 5 nitrogen and oxygen atoms in total. The Bertz CT molecular complexity index is 571. The Morgan fingerprint density at radius 3 is 2.57 bits per heavy atom. The first kappa shape index (κ1) is 17.5. The number of amides is 2. The van der Waals surface area contributed by atoms with Crippen LogP contribution in [0.4, 0.5) is 0 Å². The molecule has 2 amide bonds. The number of fused-ring (bicyclic) bond motifs is 1. The standard InChI is InChI=1S/C18H26N2O3/c1-12(2)17(22)8-9-19-18(23)16-10-14-6-4-5-7-15(14)11-20(16)13(3)21/h4-7,12,16-17,22H,8-11H2,1-3H3,(H,19,23). The summed E-state index contributed by atoms with van der Waals surface area (Å²) >= 11 is 0. The Labute approximate surface area is 137 Å². The lowest BCUT2D eigenvalue weighted by Gasteiger charge is -2.35. The first-order valence-electron chi connectivity index (χ1n) is 8.20. The summed E-state index contributed by atoms with van der Waals surface area (Å²) in [5.41, 5.74) is 2.22. The topological polar surface area (TPSA) is 69.6 Å². The lowest BCUT2D eigenvalue weighted by molar-refractivity contribution is -0.140. The molecule has 2 N–H and O–H groups in total. The van der Waals surface area contributed by atoms with Crippen LogP contribution in [0, 0.1) is 5.92 Å². The van der Waals surface area contributed by atoms with Gasteiger partial charge in [-0.2, -0.15) is 0 Å². The molecule has 1 aliphatic heterocycles. The molecule has 23 heavy (non-hydrogen) atoms. The number of hydrogen-bond acceptors (Lipinski definition) is 3. The molecule has 0 spiro atoms. The van der Waals surface area contributed by atoms with Gasteiger partial charge in [-0.15, -0.1) is 0 Å². The fourth-order valence-electron chi connectivity index (χ4n) is 2.88. The van der Waals surface area contributed by atoms with Crippen molar-refractivity contribution in [1.82, 2.24) is 10.2 Å². The van der Waals surface area contributed by atoms with Crippen molar-refractivity contribution in [2.45, 2.75) is 52.3 Å². The van der Waals surface area contributed by atoms with Crippen molar-refractivity contribution in [2.75, 3.05) is 6.54 Å². The van der Waals surface area contributed by atoms with E-state index in [0.29, 0.717) is 25.9 Å². The molecule has 2 rings (SSSR count). The van der Waals surface area contributed by atoms with Crippen molar-refractivity contribution in [3.8, 4) is 0 Å². The number of hydrogen-bond donors (Lipinski definition) is 2. The number of nitrogens with one attached hydrogen (secondary N) is 1. The van der Waals surface area contributed by atoms with Gasteiger partial charge in [0, 0.05) is 26.4 Å². The largest absolute Gasteiger partial charge is 0.393 e. The smallest absolute Gasteiger partial charge is 0.243 e. The van der Waals surface area contributed by atoms with E-state index in [1.54, 1.807) is 4.90 Å². The Hall–Kier alpha value is -1.88. The summed E-state index contributed by atoms with van der Waals surface area (Å²) < 4.78 is 0. The maximum absolute atomic E-state index is 12.5. The molecule has 0 bridgehead atoms. The van der Waals surface area contributed by atoms with Gasteiger partial charge < -0.3 is 15.3 Å². The van der Waals surface area contributed by atoms with Crippen LogP contribution < -0.4 is 5.32 Å². The van der Waals surface area contributed by atoms with Crippen LogP contribution in [0.15, 0.2) is 24.3 Å². The monoisotopic (exact) mass is 318 g/mol. The van der Waals surface area contributed by atoms with Crippen LogP contribution in [0.3, 0.4) is 0 Å². The van der Waals surface area contributed by atoms with Crippen LogP contribution >= 0.6 is 0 Å². The second kappa shape index (κ2) is 7.59. The van der Waals surface area contributed by atoms with E-state index in [0.717, 1.165) is 11.1 Å². The molecule has 0 saturated carbocycles. The van der Waals surface area contributed by atoms with Crippen molar-refractivity contribution < 1.29 is 14.7 Å². The predicted octanol–water partition coefficient (Wildman–Crippen LogP) is 1.48. The lowest BCUT2D eigenvalue weighted by atomic mass is 9.93. The van der Waals surface area contributed by atoms with Gasteiger partial charge in [-0.25, -0.2) is 0 Å². The Kier molecular flexibility index (Phi) is 5.77. The summed E-state index contributed by atoms with van der Waals surface area (Å²) in [6, 6.07) is 7.44. The molecule has 2 atom stereocenters. The fraction of sp³-hybridized carbons (Fsp3) is 0.556. The van der Waals surface area contributed by atoms with E-state index in [2.05, 4.69) is 5.32 Å². The molecule has 1 aromatic rings. The third-order valence-corrected chi connectivity index (χ3v) is 4.46. The van der Waals surface area contributed by atoms with Gasteiger partial charge in [0.1, 0.15) is 6.04 Å². The molecule has 1 aromatic carbocycles. The van der Waals surface area contributed by atoms with Gasteiger partial charge in [-0.1, -0.05) is 38.1 Å². The predicted molar refractivity (Wildman–Crippen MR) is 88.6 cm³/mol. The molecule has 0 radical (unpaired) electrons. The first-order valence-corrected chi connectivity index (χ1v) is 8.20. The molecule has 0 aromatic heterocycles. The van der Waals surface area contributed by atoms with E-state index in [4.69, 9.17) is 0 Å². The summed E-state index contributed by atoms with van der Waals surface area (Å²) in [5.74, 6) is -0.0743. The first-order chi connectivity index (χ1) is 10.9. The maximum Gasteiger partial charge on any atom is 0.243 e. The Morgan fingerprint density at radius 2 is 1.96 bits per heavy atom.